The minimum absolute atomic E-state index is 0.0476. The van der Waals surface area contributed by atoms with Crippen molar-refractivity contribution in [3.05, 3.63) is 29.6 Å². The first-order valence-electron chi connectivity index (χ1n) is 5.14. The Morgan fingerprint density at radius 1 is 1.53 bits per heavy atom. The lowest BCUT2D eigenvalue weighted by molar-refractivity contribution is 0.0602. The molecule has 0 amide bonds. The molecule has 4 nitrogen and oxygen atoms in total. The highest BCUT2D eigenvalue weighted by Crippen LogP contribution is 2.14. The molecule has 0 saturated carbocycles. The van der Waals surface area contributed by atoms with Gasteiger partial charge in [0.2, 0.25) is 0 Å². The van der Waals surface area contributed by atoms with E-state index in [9.17, 15) is 0 Å². The number of rotatable bonds is 5. The van der Waals surface area contributed by atoms with Crippen molar-refractivity contribution in [1.29, 1.82) is 0 Å². The Labute approximate surface area is 90.8 Å². The van der Waals surface area contributed by atoms with E-state index >= 15 is 0 Å². The smallest absolute Gasteiger partial charge is 0.0868 e. The number of hydrazine groups is 1. The second kappa shape index (κ2) is 5.80. The van der Waals surface area contributed by atoms with E-state index in [1.807, 2.05) is 32.9 Å². The number of nitrogens with one attached hydrogen (secondary N) is 1. The van der Waals surface area contributed by atoms with Crippen LogP contribution in [0, 0.1) is 6.92 Å². The van der Waals surface area contributed by atoms with E-state index in [4.69, 9.17) is 10.6 Å². The highest BCUT2D eigenvalue weighted by Gasteiger charge is 2.13. The summed E-state index contributed by atoms with van der Waals surface area (Å²) >= 11 is 0. The minimum atomic E-state index is -0.0476. The van der Waals surface area contributed by atoms with E-state index < -0.39 is 0 Å². The lowest BCUT2D eigenvalue weighted by Gasteiger charge is -2.18. The summed E-state index contributed by atoms with van der Waals surface area (Å²) in [5.74, 6) is 5.49. The second-order valence-corrected chi connectivity index (χ2v) is 3.81. The number of nitrogens with two attached hydrogens (primary N) is 1. The molecular formula is C11H19N3O. The largest absolute Gasteiger partial charge is 0.377 e. The lowest BCUT2D eigenvalue weighted by Crippen LogP contribution is -2.33. The summed E-state index contributed by atoms with van der Waals surface area (Å²) in [5.41, 5.74) is 4.79. The van der Waals surface area contributed by atoms with Crippen LogP contribution in [0.25, 0.3) is 0 Å². The molecule has 0 spiro atoms. The lowest BCUT2D eigenvalue weighted by atomic mass is 10.1. The Hall–Kier alpha value is -0.970. The van der Waals surface area contributed by atoms with Gasteiger partial charge in [-0.2, -0.15) is 0 Å². The van der Waals surface area contributed by atoms with E-state index in [0.29, 0.717) is 6.61 Å². The van der Waals surface area contributed by atoms with Gasteiger partial charge in [0, 0.05) is 6.20 Å². The van der Waals surface area contributed by atoms with Crippen LogP contribution in [0.4, 0.5) is 0 Å². The van der Waals surface area contributed by atoms with Crippen LogP contribution in [0.15, 0.2) is 18.3 Å². The number of nitrogens with zero attached hydrogens (tertiary/aromatic N) is 1. The molecule has 0 bridgehead atoms. The molecule has 1 aromatic rings. The Morgan fingerprint density at radius 3 is 2.80 bits per heavy atom. The van der Waals surface area contributed by atoms with Crippen LogP contribution in [0.2, 0.25) is 0 Å². The van der Waals surface area contributed by atoms with Gasteiger partial charge in [-0.1, -0.05) is 6.07 Å². The van der Waals surface area contributed by atoms with Crippen molar-refractivity contribution in [1.82, 2.24) is 10.4 Å². The molecule has 1 heterocycles. The van der Waals surface area contributed by atoms with Crippen LogP contribution in [-0.2, 0) is 4.74 Å². The molecule has 84 valence electrons. The van der Waals surface area contributed by atoms with Crippen LogP contribution in [-0.4, -0.2) is 17.7 Å². The molecule has 0 aliphatic rings. The van der Waals surface area contributed by atoms with Gasteiger partial charge in [0.25, 0.3) is 0 Å². The summed E-state index contributed by atoms with van der Waals surface area (Å²) < 4.78 is 5.52. The predicted molar refractivity (Wildman–Crippen MR) is 60.1 cm³/mol. The summed E-state index contributed by atoms with van der Waals surface area (Å²) in [6, 6.07) is 3.88. The van der Waals surface area contributed by atoms with Crippen LogP contribution in [0.1, 0.15) is 31.1 Å². The number of ether oxygens (including phenoxy) is 1. The highest BCUT2D eigenvalue weighted by atomic mass is 16.5. The Kier molecular flexibility index (Phi) is 4.68. The zero-order chi connectivity index (χ0) is 11.3. The van der Waals surface area contributed by atoms with Gasteiger partial charge >= 0.3 is 0 Å². The molecule has 1 rings (SSSR count). The Balaban J connectivity index is 2.70. The number of pyridine rings is 1. The zero-order valence-electron chi connectivity index (χ0n) is 9.53. The fourth-order valence-corrected chi connectivity index (χ4v) is 1.36. The molecule has 4 heteroatoms. The first-order valence-corrected chi connectivity index (χ1v) is 5.14. The SMILES string of the molecule is Cc1cccnc1C(COC(C)C)NN. The molecule has 3 N–H and O–H groups in total. The Bertz CT molecular complexity index is 302. The minimum Gasteiger partial charge on any atom is -0.377 e. The van der Waals surface area contributed by atoms with Crippen molar-refractivity contribution in [2.24, 2.45) is 5.84 Å². The van der Waals surface area contributed by atoms with Gasteiger partial charge in [0.05, 0.1) is 24.4 Å². The molecule has 0 fully saturated rings. The predicted octanol–water partition coefficient (Wildman–Crippen LogP) is 1.32. The van der Waals surface area contributed by atoms with Crippen LogP contribution >= 0.6 is 0 Å². The van der Waals surface area contributed by atoms with Crippen molar-refractivity contribution < 1.29 is 4.74 Å². The normalized spacial score (nSPS) is 13.1. The third kappa shape index (κ3) is 3.58. The van der Waals surface area contributed by atoms with Crippen LogP contribution in [0.3, 0.4) is 0 Å². The van der Waals surface area contributed by atoms with Crippen molar-refractivity contribution >= 4 is 0 Å². The average molecular weight is 209 g/mol. The third-order valence-electron chi connectivity index (χ3n) is 2.18. The van der Waals surface area contributed by atoms with Gasteiger partial charge in [-0.05, 0) is 32.4 Å². The summed E-state index contributed by atoms with van der Waals surface area (Å²) in [7, 11) is 0. The number of aromatic nitrogens is 1. The van der Waals surface area contributed by atoms with Gasteiger partial charge in [-0.3, -0.25) is 10.8 Å². The Morgan fingerprint density at radius 2 is 2.27 bits per heavy atom. The van der Waals surface area contributed by atoms with Crippen molar-refractivity contribution in [3.63, 3.8) is 0 Å². The van der Waals surface area contributed by atoms with E-state index in [-0.39, 0.29) is 12.1 Å². The molecular weight excluding hydrogens is 190 g/mol. The quantitative estimate of drug-likeness (QED) is 0.567. The number of hydrogen-bond acceptors (Lipinski definition) is 4. The highest BCUT2D eigenvalue weighted by molar-refractivity contribution is 5.20. The van der Waals surface area contributed by atoms with E-state index in [2.05, 4.69) is 10.4 Å². The van der Waals surface area contributed by atoms with Gasteiger partial charge < -0.3 is 4.74 Å². The molecule has 0 aromatic carbocycles. The summed E-state index contributed by atoms with van der Waals surface area (Å²) in [6.07, 6.45) is 1.96. The van der Waals surface area contributed by atoms with Crippen LogP contribution in [0.5, 0.6) is 0 Å². The maximum absolute atomic E-state index is 5.52. The van der Waals surface area contributed by atoms with Crippen molar-refractivity contribution in [3.8, 4) is 0 Å². The molecule has 0 aliphatic heterocycles. The molecule has 1 aromatic heterocycles. The van der Waals surface area contributed by atoms with Crippen molar-refractivity contribution in [2.45, 2.75) is 32.9 Å². The molecule has 0 aliphatic carbocycles. The molecule has 15 heavy (non-hydrogen) atoms. The van der Waals surface area contributed by atoms with Gasteiger partial charge in [-0.15, -0.1) is 0 Å². The molecule has 1 atom stereocenters. The maximum Gasteiger partial charge on any atom is 0.0868 e. The topological polar surface area (TPSA) is 60.2 Å². The summed E-state index contributed by atoms with van der Waals surface area (Å²) in [6.45, 7) is 6.55. The van der Waals surface area contributed by atoms with Crippen molar-refractivity contribution in [2.75, 3.05) is 6.61 Å². The van der Waals surface area contributed by atoms with Gasteiger partial charge in [-0.25, -0.2) is 5.43 Å². The standard InChI is InChI=1S/C11H19N3O/c1-8(2)15-7-10(14-12)11-9(3)5-4-6-13-11/h4-6,8,10,14H,7,12H2,1-3H3. The second-order valence-electron chi connectivity index (χ2n) is 3.81. The molecule has 1 unspecified atom stereocenters. The van der Waals surface area contributed by atoms with E-state index in [0.717, 1.165) is 11.3 Å². The fraction of sp³-hybridized carbons (Fsp3) is 0.545. The van der Waals surface area contributed by atoms with Gasteiger partial charge in [0.15, 0.2) is 0 Å². The molecule has 0 radical (unpaired) electrons. The fourth-order valence-electron chi connectivity index (χ4n) is 1.36. The van der Waals surface area contributed by atoms with E-state index in [1.165, 1.54) is 0 Å². The van der Waals surface area contributed by atoms with E-state index in [1.54, 1.807) is 6.20 Å². The third-order valence-corrected chi connectivity index (χ3v) is 2.18. The van der Waals surface area contributed by atoms with Crippen LogP contribution < -0.4 is 11.3 Å². The molecule has 0 saturated heterocycles. The number of hydrogen-bond donors (Lipinski definition) is 2. The summed E-state index contributed by atoms with van der Waals surface area (Å²) in [4.78, 5) is 4.30. The first-order chi connectivity index (χ1) is 7.15. The monoisotopic (exact) mass is 209 g/mol. The first kappa shape index (κ1) is 12.1. The maximum atomic E-state index is 5.52. The number of aryl methyl sites for hydroxylation is 1. The summed E-state index contributed by atoms with van der Waals surface area (Å²) in [5, 5.41) is 0. The zero-order valence-corrected chi connectivity index (χ0v) is 9.53. The average Bonchev–Trinajstić information content (AvgIpc) is 2.21. The van der Waals surface area contributed by atoms with Gasteiger partial charge in [0.1, 0.15) is 0 Å².